The fourth-order valence-corrected chi connectivity index (χ4v) is 3.18. The number of rotatable bonds is 5. The van der Waals surface area contributed by atoms with E-state index in [9.17, 15) is 19.2 Å². The van der Waals surface area contributed by atoms with Gasteiger partial charge in [0.1, 0.15) is 6.04 Å². The molecule has 3 rings (SSSR count). The smallest absolute Gasteiger partial charge is 0.255 e. The summed E-state index contributed by atoms with van der Waals surface area (Å²) >= 11 is 0. The van der Waals surface area contributed by atoms with Gasteiger partial charge in [0.15, 0.2) is 0 Å². The lowest BCUT2D eigenvalue weighted by atomic mass is 10.0. The van der Waals surface area contributed by atoms with Crippen LogP contribution in [0.15, 0.2) is 18.2 Å². The molecule has 1 aromatic rings. The highest BCUT2D eigenvalue weighted by Crippen LogP contribution is 2.32. The third kappa shape index (κ3) is 3.39. The number of nitrogens with zero attached hydrogens (tertiary/aromatic N) is 1. The number of nitrogens with one attached hydrogen (secondary N) is 2. The third-order valence-electron chi connectivity index (χ3n) is 4.46. The van der Waals surface area contributed by atoms with Gasteiger partial charge >= 0.3 is 0 Å². The molecule has 0 radical (unpaired) electrons. The van der Waals surface area contributed by atoms with Crippen LogP contribution < -0.4 is 16.4 Å². The van der Waals surface area contributed by atoms with Crippen molar-refractivity contribution in [2.75, 3.05) is 11.9 Å². The summed E-state index contributed by atoms with van der Waals surface area (Å²) in [5, 5.41) is 5.08. The van der Waals surface area contributed by atoms with Gasteiger partial charge in [-0.25, -0.2) is 0 Å². The highest BCUT2D eigenvalue weighted by atomic mass is 16.2. The molecule has 132 valence electrons. The molecular formula is C17H20N4O4. The minimum atomic E-state index is -0.668. The predicted molar refractivity (Wildman–Crippen MR) is 89.4 cm³/mol. The minimum absolute atomic E-state index is 0.161. The molecule has 0 aromatic heterocycles. The normalized spacial score (nSPS) is 19.6. The average Bonchev–Trinajstić information content (AvgIpc) is 2.91. The maximum atomic E-state index is 12.7. The van der Waals surface area contributed by atoms with Gasteiger partial charge in [-0.15, -0.1) is 0 Å². The number of fused-ring (bicyclic) bond motifs is 1. The molecule has 1 saturated heterocycles. The van der Waals surface area contributed by atoms with Crippen molar-refractivity contribution < 1.29 is 19.2 Å². The molecule has 1 fully saturated rings. The van der Waals surface area contributed by atoms with Gasteiger partial charge in [-0.05, 0) is 31.5 Å². The van der Waals surface area contributed by atoms with E-state index >= 15 is 0 Å². The standard InChI is InChI=1S/C17H20N4O4/c18-8-2-5-14(22)19-12-4-1-3-10-11(12)9-21(17(10)25)13-6-7-15(23)20-16(13)24/h1,3-4,13H,2,5-9,18H2,(H,19,22)(H,20,23,24). The zero-order valence-corrected chi connectivity index (χ0v) is 13.7. The van der Waals surface area contributed by atoms with Gasteiger partial charge in [-0.3, -0.25) is 24.5 Å². The zero-order valence-electron chi connectivity index (χ0n) is 13.7. The van der Waals surface area contributed by atoms with Gasteiger partial charge in [0.05, 0.1) is 0 Å². The van der Waals surface area contributed by atoms with E-state index in [-0.39, 0.29) is 30.7 Å². The molecule has 4 amide bonds. The largest absolute Gasteiger partial charge is 0.330 e. The fourth-order valence-electron chi connectivity index (χ4n) is 3.18. The van der Waals surface area contributed by atoms with Gasteiger partial charge in [-0.2, -0.15) is 0 Å². The Morgan fingerprint density at radius 2 is 2.12 bits per heavy atom. The van der Waals surface area contributed by atoms with Crippen molar-refractivity contribution >= 4 is 29.3 Å². The molecule has 0 aliphatic carbocycles. The van der Waals surface area contributed by atoms with E-state index in [1.165, 1.54) is 4.90 Å². The van der Waals surface area contributed by atoms with Crippen LogP contribution in [-0.4, -0.2) is 41.1 Å². The Morgan fingerprint density at radius 1 is 1.32 bits per heavy atom. The third-order valence-corrected chi connectivity index (χ3v) is 4.46. The maximum absolute atomic E-state index is 12.7. The number of anilines is 1. The molecule has 2 aliphatic rings. The Morgan fingerprint density at radius 3 is 2.84 bits per heavy atom. The number of piperidine rings is 1. The molecule has 0 bridgehead atoms. The first kappa shape index (κ1) is 17.1. The summed E-state index contributed by atoms with van der Waals surface area (Å²) in [5.74, 6) is -1.20. The quantitative estimate of drug-likeness (QED) is 0.655. The van der Waals surface area contributed by atoms with Crippen molar-refractivity contribution in [3.05, 3.63) is 29.3 Å². The van der Waals surface area contributed by atoms with Crippen molar-refractivity contribution in [1.82, 2.24) is 10.2 Å². The lowest BCUT2D eigenvalue weighted by molar-refractivity contribution is -0.137. The highest BCUT2D eigenvalue weighted by molar-refractivity contribution is 6.06. The van der Waals surface area contributed by atoms with Crippen LogP contribution in [0.4, 0.5) is 5.69 Å². The topological polar surface area (TPSA) is 122 Å². The van der Waals surface area contributed by atoms with Crippen molar-refractivity contribution in [2.24, 2.45) is 5.73 Å². The van der Waals surface area contributed by atoms with Crippen LogP contribution in [0.2, 0.25) is 0 Å². The summed E-state index contributed by atoms with van der Waals surface area (Å²) in [5.41, 5.74) is 7.15. The van der Waals surface area contributed by atoms with Crippen molar-refractivity contribution in [1.29, 1.82) is 0 Å². The molecule has 25 heavy (non-hydrogen) atoms. The maximum Gasteiger partial charge on any atom is 0.255 e. The number of benzene rings is 1. The van der Waals surface area contributed by atoms with E-state index in [2.05, 4.69) is 10.6 Å². The summed E-state index contributed by atoms with van der Waals surface area (Å²) < 4.78 is 0. The number of amides is 4. The van der Waals surface area contributed by atoms with Gasteiger partial charge in [0, 0.05) is 36.2 Å². The molecule has 0 saturated carbocycles. The molecule has 1 atom stereocenters. The molecule has 2 heterocycles. The van der Waals surface area contributed by atoms with Crippen LogP contribution in [0.25, 0.3) is 0 Å². The molecule has 1 aromatic carbocycles. The molecular weight excluding hydrogens is 324 g/mol. The molecule has 0 spiro atoms. The SMILES string of the molecule is NCCCC(=O)Nc1cccc2c1CN(C1CCC(=O)NC1=O)C2=O. The summed E-state index contributed by atoms with van der Waals surface area (Å²) in [4.78, 5) is 49.4. The van der Waals surface area contributed by atoms with Crippen molar-refractivity contribution in [2.45, 2.75) is 38.3 Å². The fraction of sp³-hybridized carbons (Fsp3) is 0.412. The van der Waals surface area contributed by atoms with Gasteiger partial charge in [0.25, 0.3) is 5.91 Å². The Bertz CT molecular complexity index is 746. The Balaban J connectivity index is 1.79. The average molecular weight is 344 g/mol. The Hall–Kier alpha value is -2.74. The summed E-state index contributed by atoms with van der Waals surface area (Å²) in [7, 11) is 0. The zero-order chi connectivity index (χ0) is 18.0. The van der Waals surface area contributed by atoms with Crippen LogP contribution in [0.5, 0.6) is 0 Å². The number of hydrogen-bond donors (Lipinski definition) is 3. The van der Waals surface area contributed by atoms with Gasteiger partial charge < -0.3 is 16.0 Å². The second kappa shape index (κ2) is 7.02. The van der Waals surface area contributed by atoms with E-state index < -0.39 is 11.9 Å². The first-order valence-electron chi connectivity index (χ1n) is 8.27. The lowest BCUT2D eigenvalue weighted by Crippen LogP contribution is -2.52. The molecule has 4 N–H and O–H groups in total. The van der Waals surface area contributed by atoms with E-state index in [1.54, 1.807) is 18.2 Å². The van der Waals surface area contributed by atoms with Crippen LogP contribution in [-0.2, 0) is 20.9 Å². The molecule has 1 unspecified atom stereocenters. The number of hydrogen-bond acceptors (Lipinski definition) is 5. The molecule has 8 nitrogen and oxygen atoms in total. The van der Waals surface area contributed by atoms with Crippen LogP contribution in [0.1, 0.15) is 41.6 Å². The van der Waals surface area contributed by atoms with Crippen molar-refractivity contribution in [3.63, 3.8) is 0 Å². The predicted octanol–water partition coefficient (Wildman–Crippen LogP) is 0.125. The van der Waals surface area contributed by atoms with Gasteiger partial charge in [-0.1, -0.05) is 6.07 Å². The van der Waals surface area contributed by atoms with Crippen LogP contribution in [0.3, 0.4) is 0 Å². The number of carbonyl (C=O) groups excluding carboxylic acids is 4. The van der Waals surface area contributed by atoms with E-state index in [0.717, 1.165) is 0 Å². The molecule has 8 heteroatoms. The van der Waals surface area contributed by atoms with Gasteiger partial charge in [0.2, 0.25) is 17.7 Å². The van der Waals surface area contributed by atoms with Crippen LogP contribution >= 0.6 is 0 Å². The number of carbonyl (C=O) groups is 4. The Kier molecular flexibility index (Phi) is 4.80. The first-order chi connectivity index (χ1) is 12.0. The van der Waals surface area contributed by atoms with E-state index in [4.69, 9.17) is 5.73 Å². The summed E-state index contributed by atoms with van der Waals surface area (Å²) in [6, 6.07) is 4.45. The minimum Gasteiger partial charge on any atom is -0.330 e. The first-order valence-corrected chi connectivity index (χ1v) is 8.27. The van der Waals surface area contributed by atoms with E-state index in [1.807, 2.05) is 0 Å². The summed E-state index contributed by atoms with van der Waals surface area (Å²) in [6.45, 7) is 0.663. The summed E-state index contributed by atoms with van der Waals surface area (Å²) in [6.07, 6.45) is 1.41. The number of imide groups is 1. The monoisotopic (exact) mass is 344 g/mol. The van der Waals surface area contributed by atoms with Crippen molar-refractivity contribution in [3.8, 4) is 0 Å². The molecule has 2 aliphatic heterocycles. The van der Waals surface area contributed by atoms with E-state index in [0.29, 0.717) is 42.6 Å². The lowest BCUT2D eigenvalue weighted by Gasteiger charge is -2.29. The van der Waals surface area contributed by atoms with Crippen LogP contribution in [0, 0.1) is 0 Å². The number of nitrogens with two attached hydrogens (primary N) is 1. The second-order valence-electron chi connectivity index (χ2n) is 6.17. The second-order valence-corrected chi connectivity index (χ2v) is 6.17. The Labute approximate surface area is 144 Å². The highest BCUT2D eigenvalue weighted by Gasteiger charge is 2.39.